The maximum atomic E-state index is 8.69. The minimum atomic E-state index is -0.0958. The molecule has 0 aliphatic carbocycles. The molecular weight excluding hydrogens is 172 g/mol. The van der Waals surface area contributed by atoms with Gasteiger partial charge in [0.1, 0.15) is 6.04 Å². The molecule has 0 aromatic carbocycles. The van der Waals surface area contributed by atoms with Crippen molar-refractivity contribution < 1.29 is 5.11 Å². The van der Waals surface area contributed by atoms with Crippen molar-refractivity contribution >= 4 is 11.8 Å². The third-order valence-electron chi connectivity index (χ3n) is 1.21. The summed E-state index contributed by atoms with van der Waals surface area (Å²) >= 11 is 1.59. The Bertz CT molecular complexity index is 144. The van der Waals surface area contributed by atoms with Crippen LogP contribution in [0.2, 0.25) is 0 Å². The fraction of sp³-hybridized carbons (Fsp3) is 0.875. The molecule has 4 heteroatoms. The Morgan fingerprint density at radius 2 is 2.25 bits per heavy atom. The Morgan fingerprint density at radius 1 is 1.58 bits per heavy atom. The maximum absolute atomic E-state index is 8.69. The van der Waals surface area contributed by atoms with Gasteiger partial charge in [-0.2, -0.15) is 17.0 Å². The van der Waals surface area contributed by atoms with E-state index in [1.165, 1.54) is 0 Å². The van der Waals surface area contributed by atoms with E-state index < -0.39 is 0 Å². The van der Waals surface area contributed by atoms with Crippen LogP contribution in [0.4, 0.5) is 0 Å². The maximum Gasteiger partial charge on any atom is 0.105 e. The zero-order valence-corrected chi connectivity index (χ0v) is 8.40. The molecule has 0 heterocycles. The standard InChI is InChI=1S/C8H16N2OS/c1-7(2)10-8(5-9)6-12-4-3-11/h7-8,10-11H,3-4,6H2,1-2H3. The summed E-state index contributed by atoms with van der Waals surface area (Å²) in [7, 11) is 0. The first-order valence-electron chi connectivity index (χ1n) is 4.05. The van der Waals surface area contributed by atoms with Gasteiger partial charge in [-0.15, -0.1) is 0 Å². The van der Waals surface area contributed by atoms with Gasteiger partial charge < -0.3 is 5.11 Å². The molecule has 2 N–H and O–H groups in total. The molecule has 12 heavy (non-hydrogen) atoms. The number of nitrogens with one attached hydrogen (secondary N) is 1. The van der Waals surface area contributed by atoms with Crippen LogP contribution in [-0.4, -0.2) is 35.3 Å². The summed E-state index contributed by atoms with van der Waals surface area (Å²) in [5.41, 5.74) is 0. The predicted octanol–water partition coefficient (Wildman–Crippen LogP) is 0.602. The minimum absolute atomic E-state index is 0.0958. The van der Waals surface area contributed by atoms with Gasteiger partial charge >= 0.3 is 0 Å². The highest BCUT2D eigenvalue weighted by Gasteiger charge is 2.07. The number of rotatable bonds is 6. The third kappa shape index (κ3) is 6.47. The highest BCUT2D eigenvalue weighted by atomic mass is 32.2. The molecule has 70 valence electrons. The highest BCUT2D eigenvalue weighted by Crippen LogP contribution is 2.01. The van der Waals surface area contributed by atoms with Crippen LogP contribution in [0.25, 0.3) is 0 Å². The molecule has 3 nitrogen and oxygen atoms in total. The Labute approximate surface area is 78.2 Å². The molecule has 0 aromatic heterocycles. The number of aliphatic hydroxyl groups is 1. The Kier molecular flexibility index (Phi) is 7.26. The van der Waals surface area contributed by atoms with Crippen molar-refractivity contribution in [2.45, 2.75) is 25.9 Å². The SMILES string of the molecule is CC(C)NC(C#N)CSCCO. The number of aliphatic hydroxyl groups excluding tert-OH is 1. The number of nitrogens with zero attached hydrogens (tertiary/aromatic N) is 1. The van der Waals surface area contributed by atoms with E-state index >= 15 is 0 Å². The van der Waals surface area contributed by atoms with Crippen molar-refractivity contribution in [3.63, 3.8) is 0 Å². The normalized spacial score (nSPS) is 12.9. The van der Waals surface area contributed by atoms with E-state index in [-0.39, 0.29) is 12.6 Å². The van der Waals surface area contributed by atoms with E-state index in [0.717, 1.165) is 5.75 Å². The summed E-state index contributed by atoms with van der Waals surface area (Å²) in [5.74, 6) is 1.45. The van der Waals surface area contributed by atoms with E-state index in [2.05, 4.69) is 11.4 Å². The van der Waals surface area contributed by atoms with E-state index in [1.54, 1.807) is 11.8 Å². The van der Waals surface area contributed by atoms with Gasteiger partial charge in [0.2, 0.25) is 0 Å². The molecule has 0 rings (SSSR count). The lowest BCUT2D eigenvalue weighted by atomic mass is 10.3. The smallest absolute Gasteiger partial charge is 0.105 e. The van der Waals surface area contributed by atoms with Crippen LogP contribution < -0.4 is 5.32 Å². The minimum Gasteiger partial charge on any atom is -0.396 e. The van der Waals surface area contributed by atoms with Gasteiger partial charge in [-0.25, -0.2) is 0 Å². The molecule has 0 fully saturated rings. The molecule has 0 aliphatic rings. The first-order valence-corrected chi connectivity index (χ1v) is 5.20. The van der Waals surface area contributed by atoms with E-state index in [4.69, 9.17) is 10.4 Å². The van der Waals surface area contributed by atoms with E-state index in [9.17, 15) is 0 Å². The Balaban J connectivity index is 3.48. The van der Waals surface area contributed by atoms with Crippen molar-refractivity contribution in [1.29, 1.82) is 5.26 Å². The lowest BCUT2D eigenvalue weighted by Gasteiger charge is -2.13. The number of hydrogen-bond acceptors (Lipinski definition) is 4. The topological polar surface area (TPSA) is 56.0 Å². The van der Waals surface area contributed by atoms with Gasteiger partial charge in [0.25, 0.3) is 0 Å². The summed E-state index contributed by atoms with van der Waals surface area (Å²) in [6.07, 6.45) is 0. The monoisotopic (exact) mass is 188 g/mol. The predicted molar refractivity (Wildman–Crippen MR) is 52.1 cm³/mol. The largest absolute Gasteiger partial charge is 0.396 e. The van der Waals surface area contributed by atoms with Crippen LogP contribution in [-0.2, 0) is 0 Å². The van der Waals surface area contributed by atoms with Gasteiger partial charge in [-0.3, -0.25) is 5.32 Å². The van der Waals surface area contributed by atoms with Gasteiger partial charge in [0.15, 0.2) is 0 Å². The first kappa shape index (κ1) is 11.8. The van der Waals surface area contributed by atoms with Crippen LogP contribution in [0, 0.1) is 11.3 Å². The molecule has 0 saturated carbocycles. The van der Waals surface area contributed by atoms with Crippen molar-refractivity contribution in [3.8, 4) is 6.07 Å². The van der Waals surface area contributed by atoms with E-state index in [0.29, 0.717) is 11.8 Å². The van der Waals surface area contributed by atoms with Crippen LogP contribution in [0.1, 0.15) is 13.8 Å². The number of nitriles is 1. The summed E-state index contributed by atoms with van der Waals surface area (Å²) < 4.78 is 0. The zero-order chi connectivity index (χ0) is 9.40. The van der Waals surface area contributed by atoms with Gasteiger partial charge in [-0.1, -0.05) is 0 Å². The summed E-state index contributed by atoms with van der Waals surface area (Å²) in [5, 5.41) is 20.3. The Morgan fingerprint density at radius 3 is 2.67 bits per heavy atom. The van der Waals surface area contributed by atoms with Crippen LogP contribution in [0.15, 0.2) is 0 Å². The van der Waals surface area contributed by atoms with Gasteiger partial charge in [0, 0.05) is 17.5 Å². The quantitative estimate of drug-likeness (QED) is 0.599. The molecular formula is C8H16N2OS. The molecule has 1 atom stereocenters. The summed E-state index contributed by atoms with van der Waals surface area (Å²) in [6.45, 7) is 4.21. The summed E-state index contributed by atoms with van der Waals surface area (Å²) in [6, 6.07) is 2.42. The van der Waals surface area contributed by atoms with E-state index in [1.807, 2.05) is 13.8 Å². The second kappa shape index (κ2) is 7.41. The molecule has 0 spiro atoms. The first-order chi connectivity index (χ1) is 5.70. The van der Waals surface area contributed by atoms with Crippen LogP contribution in [0.5, 0.6) is 0 Å². The molecule has 0 amide bonds. The van der Waals surface area contributed by atoms with Crippen molar-refractivity contribution in [2.75, 3.05) is 18.1 Å². The van der Waals surface area contributed by atoms with Crippen molar-refractivity contribution in [1.82, 2.24) is 5.32 Å². The zero-order valence-electron chi connectivity index (χ0n) is 7.58. The fourth-order valence-corrected chi connectivity index (χ4v) is 1.49. The lowest BCUT2D eigenvalue weighted by Crippen LogP contribution is -2.35. The average molecular weight is 188 g/mol. The lowest BCUT2D eigenvalue weighted by molar-refractivity contribution is 0.322. The second-order valence-corrected chi connectivity index (χ2v) is 3.95. The van der Waals surface area contributed by atoms with Crippen LogP contribution in [0.3, 0.4) is 0 Å². The molecule has 0 aromatic rings. The van der Waals surface area contributed by atoms with Crippen molar-refractivity contribution in [3.05, 3.63) is 0 Å². The molecule has 0 radical (unpaired) electrons. The highest BCUT2D eigenvalue weighted by molar-refractivity contribution is 7.99. The van der Waals surface area contributed by atoms with Gasteiger partial charge in [-0.05, 0) is 13.8 Å². The van der Waals surface area contributed by atoms with Crippen LogP contribution >= 0.6 is 11.8 Å². The molecule has 1 unspecified atom stereocenters. The average Bonchev–Trinajstić information content (AvgIpc) is 2.02. The van der Waals surface area contributed by atoms with Crippen molar-refractivity contribution in [2.24, 2.45) is 0 Å². The third-order valence-corrected chi connectivity index (χ3v) is 2.25. The second-order valence-electron chi connectivity index (χ2n) is 2.80. The van der Waals surface area contributed by atoms with Gasteiger partial charge in [0.05, 0.1) is 12.7 Å². The summed E-state index contributed by atoms with van der Waals surface area (Å²) in [4.78, 5) is 0. The Hall–Kier alpha value is -0.240. The molecule has 0 aliphatic heterocycles. The number of thioether (sulfide) groups is 1. The molecule has 0 bridgehead atoms. The molecule has 0 saturated heterocycles. The number of hydrogen-bond donors (Lipinski definition) is 2. The fourth-order valence-electron chi connectivity index (χ4n) is 0.791.